The summed E-state index contributed by atoms with van der Waals surface area (Å²) < 4.78 is 0. The lowest BCUT2D eigenvalue weighted by molar-refractivity contribution is -0.384. The van der Waals surface area contributed by atoms with Gasteiger partial charge in [0.05, 0.1) is 10.6 Å². The van der Waals surface area contributed by atoms with Crippen LogP contribution in [0.1, 0.15) is 16.1 Å². The first-order chi connectivity index (χ1) is 13.1. The van der Waals surface area contributed by atoms with E-state index in [2.05, 4.69) is 13.0 Å². The third-order valence-electron chi connectivity index (χ3n) is 4.11. The number of nitro groups is 1. The third kappa shape index (κ3) is 3.61. The van der Waals surface area contributed by atoms with Crippen molar-refractivity contribution < 1.29 is 4.92 Å². The van der Waals surface area contributed by atoms with Gasteiger partial charge in [-0.2, -0.15) is 0 Å². The van der Waals surface area contributed by atoms with Crippen molar-refractivity contribution in [2.75, 3.05) is 0 Å². The molecular formula is C21H15N3O2S. The van der Waals surface area contributed by atoms with E-state index in [1.165, 1.54) is 17.0 Å². The van der Waals surface area contributed by atoms with Crippen LogP contribution in [0.3, 0.4) is 0 Å². The second-order valence-corrected chi connectivity index (χ2v) is 7.29. The molecule has 0 saturated heterocycles. The Hall–Kier alpha value is -3.38. The topological polar surface area (TPSA) is 68.9 Å². The van der Waals surface area contributed by atoms with Crippen molar-refractivity contribution in [3.63, 3.8) is 0 Å². The minimum absolute atomic E-state index is 0.0800. The predicted molar refractivity (Wildman–Crippen MR) is 110 cm³/mol. The second-order valence-electron chi connectivity index (χ2n) is 6.06. The zero-order chi connectivity index (χ0) is 18.8. The summed E-state index contributed by atoms with van der Waals surface area (Å²) >= 11 is 1.64. The number of aryl methyl sites for hydroxylation is 1. The van der Waals surface area contributed by atoms with Crippen molar-refractivity contribution in [1.82, 2.24) is 9.97 Å². The molecule has 4 aromatic rings. The van der Waals surface area contributed by atoms with Crippen LogP contribution >= 0.6 is 11.3 Å². The van der Waals surface area contributed by atoms with Crippen LogP contribution in [0.4, 0.5) is 5.69 Å². The molecule has 4 rings (SSSR count). The maximum Gasteiger partial charge on any atom is 0.269 e. The predicted octanol–water partition coefficient (Wildman–Crippen LogP) is 5.75. The summed E-state index contributed by atoms with van der Waals surface area (Å²) in [5.41, 5.74) is 2.76. The van der Waals surface area contributed by atoms with E-state index in [1.807, 2.05) is 42.5 Å². The summed E-state index contributed by atoms with van der Waals surface area (Å²) in [6.45, 7) is 2.05. The Balaban J connectivity index is 1.76. The lowest BCUT2D eigenvalue weighted by Gasteiger charge is -2.03. The van der Waals surface area contributed by atoms with Gasteiger partial charge in [0.1, 0.15) is 4.83 Å². The van der Waals surface area contributed by atoms with E-state index < -0.39 is 4.92 Å². The zero-order valence-electron chi connectivity index (χ0n) is 14.5. The molecule has 6 heteroatoms. The van der Waals surface area contributed by atoms with E-state index in [9.17, 15) is 10.1 Å². The van der Waals surface area contributed by atoms with Crippen molar-refractivity contribution in [2.24, 2.45) is 0 Å². The third-order valence-corrected chi connectivity index (χ3v) is 5.06. The number of benzene rings is 2. The maximum absolute atomic E-state index is 10.8. The molecule has 0 amide bonds. The van der Waals surface area contributed by atoms with Crippen molar-refractivity contribution >= 4 is 39.4 Å². The normalized spacial score (nSPS) is 11.3. The summed E-state index contributed by atoms with van der Waals surface area (Å²) in [7, 11) is 0. The van der Waals surface area contributed by atoms with E-state index in [4.69, 9.17) is 9.97 Å². The molecule has 132 valence electrons. The van der Waals surface area contributed by atoms with Gasteiger partial charge in [0.15, 0.2) is 5.82 Å². The number of rotatable bonds is 4. The van der Waals surface area contributed by atoms with Crippen molar-refractivity contribution in [3.8, 4) is 11.4 Å². The monoisotopic (exact) mass is 373 g/mol. The Morgan fingerprint density at radius 1 is 1.00 bits per heavy atom. The fourth-order valence-corrected chi connectivity index (χ4v) is 3.68. The standard InChI is InChI=1S/C21H15N3O2S/c1-14-13-18-19(12-9-15-7-10-17(11-8-15)24(25)26)22-20(23-21(18)27-14)16-5-3-2-4-6-16/h2-13H,1H3. The lowest BCUT2D eigenvalue weighted by Crippen LogP contribution is -1.92. The van der Waals surface area contributed by atoms with E-state index in [1.54, 1.807) is 23.5 Å². The van der Waals surface area contributed by atoms with Gasteiger partial charge in [-0.1, -0.05) is 36.4 Å². The smallest absolute Gasteiger partial charge is 0.258 e. The first-order valence-electron chi connectivity index (χ1n) is 8.36. The fraction of sp³-hybridized carbons (Fsp3) is 0.0476. The van der Waals surface area contributed by atoms with Gasteiger partial charge in [-0.25, -0.2) is 9.97 Å². The van der Waals surface area contributed by atoms with Gasteiger partial charge in [0.2, 0.25) is 0 Å². The lowest BCUT2D eigenvalue weighted by atomic mass is 10.1. The Bertz CT molecular complexity index is 1150. The summed E-state index contributed by atoms with van der Waals surface area (Å²) in [4.78, 5) is 22.0. The number of hydrogen-bond acceptors (Lipinski definition) is 5. The van der Waals surface area contributed by atoms with Crippen molar-refractivity contribution in [1.29, 1.82) is 0 Å². The number of nitrogens with zero attached hydrogens (tertiary/aromatic N) is 3. The first-order valence-corrected chi connectivity index (χ1v) is 9.18. The van der Waals surface area contributed by atoms with Crippen molar-refractivity contribution in [2.45, 2.75) is 6.92 Å². The number of nitro benzene ring substituents is 1. The minimum Gasteiger partial charge on any atom is -0.258 e. The molecule has 0 fully saturated rings. The van der Waals surface area contributed by atoms with Crippen LogP contribution in [0, 0.1) is 17.0 Å². The number of aromatic nitrogens is 2. The molecule has 0 spiro atoms. The van der Waals surface area contributed by atoms with Gasteiger partial charge >= 0.3 is 0 Å². The Morgan fingerprint density at radius 3 is 2.44 bits per heavy atom. The average molecular weight is 373 g/mol. The molecule has 0 aliphatic rings. The number of hydrogen-bond donors (Lipinski definition) is 0. The second kappa shape index (κ2) is 7.09. The summed E-state index contributed by atoms with van der Waals surface area (Å²) in [6.07, 6.45) is 3.84. The van der Waals surface area contributed by atoms with Gasteiger partial charge < -0.3 is 0 Å². The molecule has 0 bridgehead atoms. The number of fused-ring (bicyclic) bond motifs is 1. The fourth-order valence-electron chi connectivity index (χ4n) is 2.79. The van der Waals surface area contributed by atoms with Crippen LogP contribution < -0.4 is 0 Å². The van der Waals surface area contributed by atoms with Gasteiger partial charge in [0.25, 0.3) is 5.69 Å². The molecule has 0 unspecified atom stereocenters. The molecule has 2 heterocycles. The number of non-ortho nitro benzene ring substituents is 1. The SMILES string of the molecule is Cc1cc2c(C=Cc3ccc([N+](=O)[O-])cc3)nc(-c3ccccc3)nc2s1. The number of thiophene rings is 1. The van der Waals surface area contributed by atoms with E-state index >= 15 is 0 Å². The summed E-state index contributed by atoms with van der Waals surface area (Å²) in [5, 5.41) is 11.8. The van der Waals surface area contributed by atoms with Crippen LogP contribution in [0.15, 0.2) is 60.7 Å². The quantitative estimate of drug-likeness (QED) is 0.338. The van der Waals surface area contributed by atoms with E-state index in [-0.39, 0.29) is 5.69 Å². The van der Waals surface area contributed by atoms with Crippen LogP contribution in [0.5, 0.6) is 0 Å². The molecule has 0 saturated carbocycles. The van der Waals surface area contributed by atoms with Crippen LogP contribution in [0.2, 0.25) is 0 Å². The first kappa shape index (κ1) is 17.1. The van der Waals surface area contributed by atoms with Crippen LogP contribution in [-0.4, -0.2) is 14.9 Å². The van der Waals surface area contributed by atoms with Crippen molar-refractivity contribution in [3.05, 3.63) is 86.9 Å². The molecule has 0 N–H and O–H groups in total. The molecule has 2 aromatic heterocycles. The molecule has 5 nitrogen and oxygen atoms in total. The van der Waals surface area contributed by atoms with E-state index in [0.717, 1.165) is 27.0 Å². The molecule has 27 heavy (non-hydrogen) atoms. The van der Waals surface area contributed by atoms with Gasteiger partial charge in [0, 0.05) is 28.0 Å². The summed E-state index contributed by atoms with van der Waals surface area (Å²) in [6, 6.07) is 18.4. The molecule has 2 aromatic carbocycles. The Labute approximate surface area is 159 Å². The van der Waals surface area contributed by atoms with Gasteiger partial charge in [-0.15, -0.1) is 11.3 Å². The molecule has 0 aliphatic carbocycles. The summed E-state index contributed by atoms with van der Waals surface area (Å²) in [5.74, 6) is 0.688. The van der Waals surface area contributed by atoms with Gasteiger partial charge in [-0.3, -0.25) is 10.1 Å². The highest BCUT2D eigenvalue weighted by atomic mass is 32.1. The highest BCUT2D eigenvalue weighted by Crippen LogP contribution is 2.29. The molecular weight excluding hydrogens is 358 g/mol. The van der Waals surface area contributed by atoms with Crippen LogP contribution in [-0.2, 0) is 0 Å². The zero-order valence-corrected chi connectivity index (χ0v) is 15.3. The van der Waals surface area contributed by atoms with E-state index in [0.29, 0.717) is 5.82 Å². The minimum atomic E-state index is -0.401. The Morgan fingerprint density at radius 2 is 1.74 bits per heavy atom. The Kier molecular flexibility index (Phi) is 4.48. The molecule has 0 atom stereocenters. The highest BCUT2D eigenvalue weighted by molar-refractivity contribution is 7.18. The average Bonchev–Trinajstić information content (AvgIpc) is 3.07. The van der Waals surface area contributed by atoms with Crippen LogP contribution in [0.25, 0.3) is 33.8 Å². The highest BCUT2D eigenvalue weighted by Gasteiger charge is 2.10. The maximum atomic E-state index is 10.8. The largest absolute Gasteiger partial charge is 0.269 e. The molecule has 0 aliphatic heterocycles. The van der Waals surface area contributed by atoms with Gasteiger partial charge in [-0.05, 0) is 36.8 Å². The molecule has 0 radical (unpaired) electrons.